The summed E-state index contributed by atoms with van der Waals surface area (Å²) in [5.74, 6) is 0. The molecule has 4 heteroatoms. The molecule has 2 aromatic rings. The van der Waals surface area contributed by atoms with Crippen LogP contribution in [0.4, 0.5) is 5.69 Å². The highest BCUT2D eigenvalue weighted by molar-refractivity contribution is 9.10. The van der Waals surface area contributed by atoms with Gasteiger partial charge in [-0.2, -0.15) is 0 Å². The molecule has 0 aliphatic rings. The van der Waals surface area contributed by atoms with Gasteiger partial charge in [0, 0.05) is 21.8 Å². The summed E-state index contributed by atoms with van der Waals surface area (Å²) in [6, 6.07) is 16.3. The minimum atomic E-state index is 0.184. The molecule has 2 rings (SSSR count). The van der Waals surface area contributed by atoms with E-state index in [0.717, 1.165) is 15.7 Å². The van der Waals surface area contributed by atoms with Crippen LogP contribution in [-0.2, 0) is 0 Å². The quantitative estimate of drug-likeness (QED) is 0.820. The summed E-state index contributed by atoms with van der Waals surface area (Å²) >= 11 is 8.60. The molecule has 0 aromatic heterocycles. The normalized spacial score (nSPS) is 11.9. The molecule has 3 N–H and O–H groups in total. The molecule has 0 radical (unpaired) electrons. The van der Waals surface area contributed by atoms with E-state index in [1.165, 1.54) is 5.56 Å². The number of halogens is 1. The van der Waals surface area contributed by atoms with E-state index in [0.29, 0.717) is 4.99 Å². The Morgan fingerprint density at radius 2 is 1.84 bits per heavy atom. The smallest absolute Gasteiger partial charge is 0.107 e. The van der Waals surface area contributed by atoms with Crippen LogP contribution in [-0.4, -0.2) is 4.99 Å². The zero-order valence-corrected chi connectivity index (χ0v) is 13.0. The van der Waals surface area contributed by atoms with E-state index in [2.05, 4.69) is 40.3 Å². The fraction of sp³-hybridized carbons (Fsp3) is 0.133. The minimum absolute atomic E-state index is 0.184. The van der Waals surface area contributed by atoms with Crippen LogP contribution in [0.2, 0.25) is 0 Å². The molecule has 0 spiro atoms. The lowest BCUT2D eigenvalue weighted by Crippen LogP contribution is -2.15. The van der Waals surface area contributed by atoms with Crippen molar-refractivity contribution in [1.29, 1.82) is 0 Å². The molecular formula is C15H15BrN2S. The predicted molar refractivity (Wildman–Crippen MR) is 88.5 cm³/mol. The van der Waals surface area contributed by atoms with Crippen molar-refractivity contribution in [2.45, 2.75) is 13.0 Å². The van der Waals surface area contributed by atoms with E-state index >= 15 is 0 Å². The molecular weight excluding hydrogens is 320 g/mol. The maximum Gasteiger partial charge on any atom is 0.107 e. The Morgan fingerprint density at radius 1 is 1.16 bits per heavy atom. The molecule has 2 aromatic carbocycles. The SMILES string of the molecule is CC(Nc1cccc(Br)c1C(N)=S)c1ccccc1. The first-order valence-corrected chi connectivity index (χ1v) is 7.19. The number of nitrogens with one attached hydrogen (secondary N) is 1. The minimum Gasteiger partial charge on any atom is -0.389 e. The van der Waals surface area contributed by atoms with E-state index < -0.39 is 0 Å². The second kappa shape index (κ2) is 6.17. The van der Waals surface area contributed by atoms with Crippen molar-refractivity contribution in [3.05, 3.63) is 64.1 Å². The third kappa shape index (κ3) is 3.33. The van der Waals surface area contributed by atoms with Crippen molar-refractivity contribution in [2.75, 3.05) is 5.32 Å². The fourth-order valence-electron chi connectivity index (χ4n) is 1.95. The molecule has 0 heterocycles. The molecule has 0 saturated heterocycles. The Hall–Kier alpha value is -1.39. The lowest BCUT2D eigenvalue weighted by Gasteiger charge is -2.19. The van der Waals surface area contributed by atoms with Gasteiger partial charge in [0.25, 0.3) is 0 Å². The van der Waals surface area contributed by atoms with Gasteiger partial charge in [0.1, 0.15) is 4.99 Å². The van der Waals surface area contributed by atoms with Crippen molar-refractivity contribution >= 4 is 38.8 Å². The molecule has 0 amide bonds. The summed E-state index contributed by atoms with van der Waals surface area (Å²) in [4.78, 5) is 0.384. The fourth-order valence-corrected chi connectivity index (χ4v) is 2.88. The summed E-state index contributed by atoms with van der Waals surface area (Å²) in [5, 5.41) is 3.45. The van der Waals surface area contributed by atoms with Gasteiger partial charge in [0.05, 0.1) is 0 Å². The van der Waals surface area contributed by atoms with Crippen molar-refractivity contribution < 1.29 is 0 Å². The van der Waals surface area contributed by atoms with Gasteiger partial charge in [-0.05, 0) is 40.5 Å². The number of hydrogen-bond acceptors (Lipinski definition) is 2. The maximum atomic E-state index is 5.79. The zero-order chi connectivity index (χ0) is 13.8. The Labute approximate surface area is 127 Å². The molecule has 0 saturated carbocycles. The van der Waals surface area contributed by atoms with Crippen LogP contribution in [0.5, 0.6) is 0 Å². The highest BCUT2D eigenvalue weighted by Gasteiger charge is 2.12. The average molecular weight is 335 g/mol. The van der Waals surface area contributed by atoms with Crippen LogP contribution < -0.4 is 11.1 Å². The second-order valence-corrected chi connectivity index (χ2v) is 5.60. The number of anilines is 1. The van der Waals surface area contributed by atoms with Crippen LogP contribution >= 0.6 is 28.1 Å². The molecule has 98 valence electrons. The Morgan fingerprint density at radius 3 is 2.47 bits per heavy atom. The van der Waals surface area contributed by atoms with Crippen LogP contribution in [0.3, 0.4) is 0 Å². The zero-order valence-electron chi connectivity index (χ0n) is 10.6. The van der Waals surface area contributed by atoms with Crippen LogP contribution in [0.1, 0.15) is 24.1 Å². The summed E-state index contributed by atoms with van der Waals surface area (Å²) < 4.78 is 0.908. The Bertz CT molecular complexity index is 584. The summed E-state index contributed by atoms with van der Waals surface area (Å²) in [6.07, 6.45) is 0. The van der Waals surface area contributed by atoms with Crippen LogP contribution in [0, 0.1) is 0 Å². The molecule has 0 fully saturated rings. The molecule has 2 nitrogen and oxygen atoms in total. The van der Waals surface area contributed by atoms with Gasteiger partial charge in [-0.15, -0.1) is 0 Å². The van der Waals surface area contributed by atoms with E-state index in [9.17, 15) is 0 Å². The highest BCUT2D eigenvalue weighted by Crippen LogP contribution is 2.28. The number of nitrogens with two attached hydrogens (primary N) is 1. The second-order valence-electron chi connectivity index (χ2n) is 4.30. The van der Waals surface area contributed by atoms with Crippen LogP contribution in [0.25, 0.3) is 0 Å². The number of benzene rings is 2. The van der Waals surface area contributed by atoms with E-state index in [1.54, 1.807) is 0 Å². The van der Waals surface area contributed by atoms with Crippen molar-refractivity contribution in [3.8, 4) is 0 Å². The van der Waals surface area contributed by atoms with E-state index in [-0.39, 0.29) is 6.04 Å². The number of thiocarbonyl (C=S) groups is 1. The van der Waals surface area contributed by atoms with Crippen molar-refractivity contribution in [1.82, 2.24) is 0 Å². The number of rotatable bonds is 4. The summed E-state index contributed by atoms with van der Waals surface area (Å²) in [5.41, 5.74) is 8.80. The lowest BCUT2D eigenvalue weighted by atomic mass is 10.1. The predicted octanol–water partition coefficient (Wildman–Crippen LogP) is 4.26. The summed E-state index contributed by atoms with van der Waals surface area (Å²) in [6.45, 7) is 2.11. The topological polar surface area (TPSA) is 38.0 Å². The van der Waals surface area contributed by atoms with E-state index in [1.807, 2.05) is 36.4 Å². The van der Waals surface area contributed by atoms with Crippen LogP contribution in [0.15, 0.2) is 53.0 Å². The molecule has 0 aliphatic carbocycles. The van der Waals surface area contributed by atoms with Gasteiger partial charge in [0.2, 0.25) is 0 Å². The first-order valence-electron chi connectivity index (χ1n) is 5.99. The molecule has 0 bridgehead atoms. The molecule has 0 aliphatic heterocycles. The van der Waals surface area contributed by atoms with Gasteiger partial charge in [-0.25, -0.2) is 0 Å². The highest BCUT2D eigenvalue weighted by atomic mass is 79.9. The third-order valence-corrected chi connectivity index (χ3v) is 3.80. The Kier molecular flexibility index (Phi) is 4.56. The number of hydrogen-bond donors (Lipinski definition) is 2. The standard InChI is InChI=1S/C15H15BrN2S/c1-10(11-6-3-2-4-7-11)18-13-9-5-8-12(16)14(13)15(17)19/h2-10,18H,1H3,(H2,17,19). The van der Waals surface area contributed by atoms with Gasteiger partial charge in [-0.3, -0.25) is 0 Å². The first kappa shape index (κ1) is 14.0. The maximum absolute atomic E-state index is 5.79. The molecule has 1 atom stereocenters. The molecule has 1 unspecified atom stereocenters. The van der Waals surface area contributed by atoms with Crippen molar-refractivity contribution in [2.24, 2.45) is 5.73 Å². The monoisotopic (exact) mass is 334 g/mol. The van der Waals surface area contributed by atoms with Crippen molar-refractivity contribution in [3.63, 3.8) is 0 Å². The van der Waals surface area contributed by atoms with E-state index in [4.69, 9.17) is 18.0 Å². The average Bonchev–Trinajstić information content (AvgIpc) is 2.39. The largest absolute Gasteiger partial charge is 0.389 e. The van der Waals surface area contributed by atoms with Gasteiger partial charge in [-0.1, -0.05) is 48.6 Å². The Balaban J connectivity index is 2.29. The van der Waals surface area contributed by atoms with Gasteiger partial charge >= 0.3 is 0 Å². The third-order valence-electron chi connectivity index (χ3n) is 2.93. The van der Waals surface area contributed by atoms with Gasteiger partial charge < -0.3 is 11.1 Å². The first-order chi connectivity index (χ1) is 9.09. The molecule has 19 heavy (non-hydrogen) atoms. The van der Waals surface area contributed by atoms with Gasteiger partial charge in [0.15, 0.2) is 0 Å². The summed E-state index contributed by atoms with van der Waals surface area (Å²) in [7, 11) is 0. The lowest BCUT2D eigenvalue weighted by molar-refractivity contribution is 0.884.